The minimum absolute atomic E-state index is 0.0365. The molecule has 3 aromatic carbocycles. The van der Waals surface area contributed by atoms with E-state index in [4.69, 9.17) is 14.5 Å². The van der Waals surface area contributed by atoms with Crippen LogP contribution in [-0.4, -0.2) is 97.7 Å². The number of carbonyl (C=O) groups excluding carboxylic acids is 4. The van der Waals surface area contributed by atoms with Gasteiger partial charge in [0, 0.05) is 29.0 Å². The van der Waals surface area contributed by atoms with Crippen LogP contribution in [0, 0.1) is 33.1 Å². The Hall–Kier alpha value is -6.76. The van der Waals surface area contributed by atoms with Gasteiger partial charge in [-0.05, 0) is 80.0 Å². The molecule has 0 unspecified atom stereocenters. The number of methoxy groups -OCH3 is 1. The van der Waals surface area contributed by atoms with E-state index < -0.39 is 47.7 Å². The number of nitrogens with zero attached hydrogens (tertiary/aromatic N) is 6. The maximum Gasteiger partial charge on any atom is 0.408 e. The summed E-state index contributed by atoms with van der Waals surface area (Å²) in [5, 5.41) is 29.0. The number of fused-ring (bicyclic) bond motifs is 3. The molecule has 2 aliphatic heterocycles. The summed E-state index contributed by atoms with van der Waals surface area (Å²) < 4.78 is 12.8. The van der Waals surface area contributed by atoms with Crippen LogP contribution in [0.4, 0.5) is 4.79 Å². The topological polar surface area (TPSA) is 202 Å². The fourth-order valence-corrected chi connectivity index (χ4v) is 10.5. The summed E-state index contributed by atoms with van der Waals surface area (Å²) in [6.07, 6.45) is -2.31. The van der Waals surface area contributed by atoms with Crippen LogP contribution in [0.25, 0.3) is 26.6 Å². The molecule has 0 spiro atoms. The number of amides is 4. The monoisotopic (exact) mass is 957 g/mol. The second kappa shape index (κ2) is 19.5. The van der Waals surface area contributed by atoms with Crippen molar-refractivity contribution in [1.82, 2.24) is 40.6 Å². The summed E-state index contributed by atoms with van der Waals surface area (Å²) in [5.74, 6) is 0.256. The van der Waals surface area contributed by atoms with Crippen LogP contribution in [0.1, 0.15) is 90.8 Å². The fourth-order valence-electron chi connectivity index (χ4n) is 8.52. The van der Waals surface area contributed by atoms with E-state index in [1.807, 2.05) is 112 Å². The molecule has 0 aliphatic carbocycles. The molecule has 5 atom stereocenters. The van der Waals surface area contributed by atoms with Gasteiger partial charge in [-0.25, -0.2) is 9.78 Å². The number of aliphatic hydroxyl groups is 1. The first-order valence-electron chi connectivity index (χ1n) is 22.3. The SMILES string of the molecule is COC(=O)N[C@@H]1N=C(c2ccc(-c3ccc(OCC(=O)N[C@H](C(=O)N4C[C@H](O)C[C@H]4C(=O)N[C@@H](C)c4ccc(-c5scnc5C)cc4)C(C)(C)C)cc3)cc2)c2c(sc(C)c2C)-n2c(C)nnc21. The smallest absolute Gasteiger partial charge is 0.408 e. The highest BCUT2D eigenvalue weighted by atomic mass is 32.1. The van der Waals surface area contributed by atoms with E-state index in [1.54, 1.807) is 34.8 Å². The molecule has 1 saturated heterocycles. The molecule has 0 bridgehead atoms. The van der Waals surface area contributed by atoms with Crippen molar-refractivity contribution in [2.75, 3.05) is 20.3 Å². The Kier molecular flexibility index (Phi) is 13.7. The number of aryl methyl sites for hydroxylation is 3. The number of nitrogens with one attached hydrogen (secondary N) is 3. The standard InChI is InChI=1S/C50H55N9O7S2/c1-26-29(4)68-48-40(26)41(54-44(55-49(64)65-9)45-57-56-30(5)59(45)48)34-14-12-32(13-15-34)33-18-20-37(21-19-33)66-24-39(61)53-43(50(6,7)8)47(63)58-23-36(60)22-38(58)46(62)52-27(2)31-10-16-35(17-11-31)42-28(3)51-25-67-42/h10-21,25,27,36,38,43-44,60H,22-24H2,1-9H3,(H,52,62)(H,53,61)(H,55,64)/t27-,36+,38-,43+,44-/m0/s1. The maximum atomic E-state index is 14.2. The molecule has 16 nitrogen and oxygen atoms in total. The molecule has 4 N–H and O–H groups in total. The number of likely N-dealkylation sites (tertiary alicyclic amines) is 1. The van der Waals surface area contributed by atoms with Crippen LogP contribution in [0.15, 0.2) is 83.3 Å². The Bertz CT molecular complexity index is 2880. The molecule has 18 heteroatoms. The van der Waals surface area contributed by atoms with Crippen molar-refractivity contribution in [2.24, 2.45) is 10.4 Å². The van der Waals surface area contributed by atoms with Gasteiger partial charge in [-0.3, -0.25) is 29.3 Å². The second-order valence-corrected chi connectivity index (χ2v) is 20.3. The third-order valence-corrected chi connectivity index (χ3v) is 14.5. The number of aromatic nitrogens is 4. The van der Waals surface area contributed by atoms with Crippen LogP contribution < -0.4 is 20.7 Å². The summed E-state index contributed by atoms with van der Waals surface area (Å²) in [4.78, 5) is 66.8. The van der Waals surface area contributed by atoms with Gasteiger partial charge in [-0.1, -0.05) is 81.4 Å². The van der Waals surface area contributed by atoms with Crippen molar-refractivity contribution in [3.05, 3.63) is 123 Å². The van der Waals surface area contributed by atoms with Gasteiger partial charge in [0.05, 0.1) is 41.0 Å². The second-order valence-electron chi connectivity index (χ2n) is 18.2. The van der Waals surface area contributed by atoms with Crippen LogP contribution in [0.3, 0.4) is 0 Å². The van der Waals surface area contributed by atoms with Gasteiger partial charge in [-0.15, -0.1) is 32.9 Å². The van der Waals surface area contributed by atoms with E-state index in [0.29, 0.717) is 23.1 Å². The van der Waals surface area contributed by atoms with E-state index in [0.717, 1.165) is 59.4 Å². The first-order chi connectivity index (χ1) is 32.4. The normalized spacial score (nSPS) is 17.5. The van der Waals surface area contributed by atoms with E-state index in [-0.39, 0.29) is 31.5 Å². The Labute approximate surface area is 402 Å². The third-order valence-electron chi connectivity index (χ3n) is 12.4. The zero-order valence-electron chi connectivity index (χ0n) is 39.4. The van der Waals surface area contributed by atoms with E-state index in [1.165, 1.54) is 12.0 Å². The van der Waals surface area contributed by atoms with Gasteiger partial charge in [0.1, 0.15) is 28.7 Å². The Morgan fingerprint density at radius 3 is 2.16 bits per heavy atom. The number of hydrogen-bond acceptors (Lipinski definition) is 13. The van der Waals surface area contributed by atoms with Gasteiger partial charge >= 0.3 is 6.09 Å². The van der Waals surface area contributed by atoms with Crippen molar-refractivity contribution in [1.29, 1.82) is 0 Å². The Morgan fingerprint density at radius 1 is 0.882 bits per heavy atom. The van der Waals surface area contributed by atoms with E-state index in [2.05, 4.69) is 45.0 Å². The molecular formula is C50H55N9O7S2. The van der Waals surface area contributed by atoms with Gasteiger partial charge in [-0.2, -0.15) is 0 Å². The van der Waals surface area contributed by atoms with Gasteiger partial charge in [0.25, 0.3) is 5.91 Å². The molecule has 1 fully saturated rings. The van der Waals surface area contributed by atoms with E-state index in [9.17, 15) is 24.3 Å². The maximum absolute atomic E-state index is 14.2. The summed E-state index contributed by atoms with van der Waals surface area (Å²) in [7, 11) is 1.30. The first-order valence-corrected chi connectivity index (χ1v) is 24.0. The van der Waals surface area contributed by atoms with E-state index >= 15 is 0 Å². The van der Waals surface area contributed by atoms with Crippen molar-refractivity contribution in [2.45, 2.75) is 92.2 Å². The first kappa shape index (κ1) is 47.7. The predicted molar refractivity (Wildman–Crippen MR) is 261 cm³/mol. The number of ether oxygens (including phenoxy) is 2. The molecule has 0 radical (unpaired) electrons. The minimum atomic E-state index is -1.01. The third kappa shape index (κ3) is 9.79. The number of hydrogen-bond donors (Lipinski definition) is 4. The number of alkyl carbamates (subject to hydrolysis) is 1. The number of β-amino-alcohol motifs (C(OH)–C–C–N with tert-alkyl or cyclic N) is 1. The summed E-state index contributed by atoms with van der Waals surface area (Å²) in [5.41, 5.74) is 9.36. The van der Waals surface area contributed by atoms with Crippen molar-refractivity contribution in [3.8, 4) is 32.3 Å². The molecule has 4 amide bonds. The average molecular weight is 958 g/mol. The van der Waals surface area contributed by atoms with Crippen LogP contribution in [0.5, 0.6) is 5.75 Å². The van der Waals surface area contributed by atoms with Crippen molar-refractivity contribution >= 4 is 52.2 Å². The number of rotatable bonds is 12. The molecule has 0 saturated carbocycles. The number of carbonyl (C=O) groups is 4. The highest BCUT2D eigenvalue weighted by Crippen LogP contribution is 2.39. The largest absolute Gasteiger partial charge is 0.484 e. The number of benzene rings is 3. The van der Waals surface area contributed by atoms with Gasteiger partial charge in [0.2, 0.25) is 11.8 Å². The van der Waals surface area contributed by atoms with Crippen molar-refractivity contribution < 1.29 is 33.8 Å². The molecule has 6 aromatic rings. The predicted octanol–water partition coefficient (Wildman–Crippen LogP) is 7.31. The Morgan fingerprint density at radius 2 is 1.53 bits per heavy atom. The molecular weight excluding hydrogens is 903 g/mol. The zero-order chi connectivity index (χ0) is 48.6. The summed E-state index contributed by atoms with van der Waals surface area (Å²) in [6, 6.07) is 20.9. The fraction of sp³-hybridized carbons (Fsp3) is 0.360. The molecule has 354 valence electrons. The number of thiazole rings is 1. The van der Waals surface area contributed by atoms with Gasteiger partial charge < -0.3 is 30.1 Å². The summed E-state index contributed by atoms with van der Waals surface area (Å²) >= 11 is 3.19. The molecule has 5 heterocycles. The quantitative estimate of drug-likeness (QED) is 0.0964. The number of aliphatic hydroxyl groups excluding tert-OH is 1. The minimum Gasteiger partial charge on any atom is -0.484 e. The number of aliphatic imine (C=N–C) groups is 1. The number of thiophene rings is 1. The highest BCUT2D eigenvalue weighted by Gasteiger charge is 2.45. The zero-order valence-corrected chi connectivity index (χ0v) is 41.0. The van der Waals surface area contributed by atoms with Gasteiger partial charge in [0.15, 0.2) is 18.6 Å². The lowest BCUT2D eigenvalue weighted by Gasteiger charge is -2.35. The molecule has 2 aliphatic rings. The highest BCUT2D eigenvalue weighted by molar-refractivity contribution is 7.15. The van der Waals surface area contributed by atoms with Crippen LogP contribution in [-0.2, 0) is 19.1 Å². The average Bonchev–Trinajstić information content (AvgIpc) is 4.09. The molecule has 8 rings (SSSR count). The Balaban J connectivity index is 0.905. The molecule has 68 heavy (non-hydrogen) atoms. The lowest BCUT2D eigenvalue weighted by molar-refractivity contribution is -0.144. The van der Waals surface area contributed by atoms with Crippen LogP contribution >= 0.6 is 22.7 Å². The lowest BCUT2D eigenvalue weighted by atomic mass is 9.85. The lowest BCUT2D eigenvalue weighted by Crippen LogP contribution is -2.58. The summed E-state index contributed by atoms with van der Waals surface area (Å²) in [6.45, 7) is 15.0. The molecule has 3 aromatic heterocycles. The van der Waals surface area contributed by atoms with Crippen molar-refractivity contribution in [3.63, 3.8) is 0 Å². The van der Waals surface area contributed by atoms with Crippen LogP contribution in [0.2, 0.25) is 0 Å².